The van der Waals surface area contributed by atoms with Gasteiger partial charge in [-0.05, 0) is 44.7 Å². The van der Waals surface area contributed by atoms with Crippen molar-refractivity contribution in [3.63, 3.8) is 0 Å². The molecule has 0 bridgehead atoms. The van der Waals surface area contributed by atoms with E-state index in [9.17, 15) is 9.59 Å². The normalized spacial score (nSPS) is 21.5. The first-order chi connectivity index (χ1) is 9.16. The first-order valence-electron chi connectivity index (χ1n) is 7.39. The molecule has 1 amide bonds. The number of carbonyl (C=O) groups excluding carboxylic acids is 1. The summed E-state index contributed by atoms with van der Waals surface area (Å²) >= 11 is 0. The number of amides is 1. The Morgan fingerprint density at radius 1 is 1.11 bits per heavy atom. The molecule has 19 heavy (non-hydrogen) atoms. The number of piperidine rings is 1. The van der Waals surface area contributed by atoms with Gasteiger partial charge >= 0.3 is 5.97 Å². The molecule has 5 heteroatoms. The number of hydrogen-bond acceptors (Lipinski definition) is 3. The highest BCUT2D eigenvalue weighted by Crippen LogP contribution is 2.25. The van der Waals surface area contributed by atoms with Crippen LogP contribution in [0.2, 0.25) is 0 Å². The van der Waals surface area contributed by atoms with Gasteiger partial charge in [0.05, 0.1) is 0 Å². The molecule has 2 aliphatic rings. The van der Waals surface area contributed by atoms with Crippen molar-refractivity contribution in [3.05, 3.63) is 0 Å². The molecule has 1 heterocycles. The van der Waals surface area contributed by atoms with Crippen molar-refractivity contribution in [1.82, 2.24) is 10.2 Å². The zero-order valence-electron chi connectivity index (χ0n) is 11.4. The Hall–Kier alpha value is -1.10. The van der Waals surface area contributed by atoms with Crippen molar-refractivity contribution in [1.29, 1.82) is 0 Å². The quantitative estimate of drug-likeness (QED) is 0.787. The van der Waals surface area contributed by atoms with E-state index in [1.54, 1.807) is 4.90 Å². The van der Waals surface area contributed by atoms with Crippen molar-refractivity contribution in [3.8, 4) is 0 Å². The average Bonchev–Trinajstić information content (AvgIpc) is 2.90. The Kier molecular flexibility index (Phi) is 5.19. The zero-order chi connectivity index (χ0) is 13.7. The van der Waals surface area contributed by atoms with E-state index in [0.29, 0.717) is 12.3 Å². The van der Waals surface area contributed by atoms with Crippen molar-refractivity contribution in [2.24, 2.45) is 5.92 Å². The van der Waals surface area contributed by atoms with Gasteiger partial charge in [-0.1, -0.05) is 12.8 Å². The second-order valence-corrected chi connectivity index (χ2v) is 5.75. The van der Waals surface area contributed by atoms with Crippen LogP contribution < -0.4 is 5.32 Å². The molecule has 0 unspecified atom stereocenters. The third-order valence-corrected chi connectivity index (χ3v) is 4.31. The number of hydrogen-bond donors (Lipinski definition) is 2. The maximum atomic E-state index is 12.4. The zero-order valence-corrected chi connectivity index (χ0v) is 11.4. The molecule has 2 N–H and O–H groups in total. The number of rotatable bonds is 5. The molecule has 108 valence electrons. The lowest BCUT2D eigenvalue weighted by atomic mass is 9.94. The molecule has 0 radical (unpaired) electrons. The number of nitrogens with zero attached hydrogens (tertiary/aromatic N) is 1. The summed E-state index contributed by atoms with van der Waals surface area (Å²) in [6.45, 7) is 1.81. The molecule has 0 aromatic rings. The number of nitrogens with one attached hydrogen (secondary N) is 1. The highest BCUT2D eigenvalue weighted by atomic mass is 16.4. The number of carboxylic acids is 1. The smallest absolute Gasteiger partial charge is 0.323 e. The Morgan fingerprint density at radius 3 is 2.32 bits per heavy atom. The summed E-state index contributed by atoms with van der Waals surface area (Å²) in [5.41, 5.74) is 0. The van der Waals surface area contributed by atoms with Crippen LogP contribution in [0.1, 0.15) is 44.9 Å². The lowest BCUT2D eigenvalue weighted by Gasteiger charge is -2.30. The van der Waals surface area contributed by atoms with Crippen LogP contribution in [-0.4, -0.2) is 47.6 Å². The molecule has 0 atom stereocenters. The fourth-order valence-corrected chi connectivity index (χ4v) is 3.23. The van der Waals surface area contributed by atoms with Crippen molar-refractivity contribution >= 4 is 11.9 Å². The van der Waals surface area contributed by atoms with Crippen LogP contribution in [0.4, 0.5) is 0 Å². The summed E-state index contributed by atoms with van der Waals surface area (Å²) in [5.74, 6) is -0.432. The van der Waals surface area contributed by atoms with Gasteiger partial charge < -0.3 is 15.3 Å². The first kappa shape index (κ1) is 14.3. The summed E-state index contributed by atoms with van der Waals surface area (Å²) in [4.78, 5) is 25.0. The van der Waals surface area contributed by atoms with E-state index in [4.69, 9.17) is 5.11 Å². The second kappa shape index (κ2) is 6.89. The fraction of sp³-hybridized carbons (Fsp3) is 0.857. The van der Waals surface area contributed by atoms with Gasteiger partial charge in [-0.2, -0.15) is 0 Å². The molecule has 1 saturated carbocycles. The molecule has 5 nitrogen and oxygen atoms in total. The van der Waals surface area contributed by atoms with Crippen LogP contribution in [0.15, 0.2) is 0 Å². The molecule has 0 aromatic carbocycles. The van der Waals surface area contributed by atoms with E-state index in [2.05, 4.69) is 5.32 Å². The largest absolute Gasteiger partial charge is 0.480 e. The van der Waals surface area contributed by atoms with Crippen molar-refractivity contribution in [2.75, 3.05) is 19.6 Å². The van der Waals surface area contributed by atoms with Gasteiger partial charge in [0, 0.05) is 12.5 Å². The number of aliphatic carboxylic acids is 1. The van der Waals surface area contributed by atoms with Gasteiger partial charge in [0.2, 0.25) is 5.91 Å². The van der Waals surface area contributed by atoms with Crippen LogP contribution >= 0.6 is 0 Å². The Morgan fingerprint density at radius 2 is 1.74 bits per heavy atom. The van der Waals surface area contributed by atoms with Crippen LogP contribution in [0.25, 0.3) is 0 Å². The van der Waals surface area contributed by atoms with Gasteiger partial charge in [-0.25, -0.2) is 0 Å². The van der Waals surface area contributed by atoms with E-state index < -0.39 is 5.97 Å². The minimum atomic E-state index is -0.898. The highest BCUT2D eigenvalue weighted by Gasteiger charge is 2.29. The molecular weight excluding hydrogens is 244 g/mol. The predicted octanol–water partition coefficient (Wildman–Crippen LogP) is 1.23. The standard InChI is InChI=1S/C14H24N2O3/c17-13(9-11-5-7-15-8-6-11)16(10-14(18)19)12-3-1-2-4-12/h11-12,15H,1-10H2,(H,18,19). The predicted molar refractivity (Wildman–Crippen MR) is 71.8 cm³/mol. The van der Waals surface area contributed by atoms with Gasteiger partial charge in [0.15, 0.2) is 0 Å². The summed E-state index contributed by atoms with van der Waals surface area (Å²) in [6, 6.07) is 0.158. The van der Waals surface area contributed by atoms with Crippen LogP contribution in [0.5, 0.6) is 0 Å². The molecule has 1 aliphatic carbocycles. The summed E-state index contributed by atoms with van der Waals surface area (Å²) in [7, 11) is 0. The fourth-order valence-electron chi connectivity index (χ4n) is 3.23. The Labute approximate surface area is 114 Å². The monoisotopic (exact) mass is 268 g/mol. The average molecular weight is 268 g/mol. The lowest BCUT2D eigenvalue weighted by molar-refractivity contribution is -0.146. The molecular formula is C14H24N2O3. The highest BCUT2D eigenvalue weighted by molar-refractivity contribution is 5.81. The lowest BCUT2D eigenvalue weighted by Crippen LogP contribution is -2.43. The summed E-state index contributed by atoms with van der Waals surface area (Å²) in [6.07, 6.45) is 6.72. The van der Waals surface area contributed by atoms with Gasteiger partial charge in [0.25, 0.3) is 0 Å². The van der Waals surface area contributed by atoms with Crippen molar-refractivity contribution in [2.45, 2.75) is 51.0 Å². The van der Waals surface area contributed by atoms with Gasteiger partial charge in [-0.15, -0.1) is 0 Å². The molecule has 0 spiro atoms. The number of carbonyl (C=O) groups is 2. The van der Waals surface area contributed by atoms with Gasteiger partial charge in [0.1, 0.15) is 6.54 Å². The van der Waals surface area contributed by atoms with E-state index in [1.807, 2.05) is 0 Å². The Balaban J connectivity index is 1.91. The Bertz CT molecular complexity index is 321. The van der Waals surface area contributed by atoms with Gasteiger partial charge in [-0.3, -0.25) is 9.59 Å². The number of carboxylic acid groups (broad SMARTS) is 1. The van der Waals surface area contributed by atoms with E-state index >= 15 is 0 Å². The first-order valence-corrected chi connectivity index (χ1v) is 7.39. The third kappa shape index (κ3) is 4.20. The minimum Gasteiger partial charge on any atom is -0.480 e. The summed E-state index contributed by atoms with van der Waals surface area (Å²) < 4.78 is 0. The van der Waals surface area contributed by atoms with E-state index in [1.165, 1.54) is 0 Å². The van der Waals surface area contributed by atoms with Crippen molar-refractivity contribution < 1.29 is 14.7 Å². The summed E-state index contributed by atoms with van der Waals surface area (Å²) in [5, 5.41) is 12.3. The van der Waals surface area contributed by atoms with E-state index in [-0.39, 0.29) is 18.5 Å². The molecule has 0 aromatic heterocycles. The van der Waals surface area contributed by atoms with E-state index in [0.717, 1.165) is 51.6 Å². The molecule has 1 aliphatic heterocycles. The molecule has 1 saturated heterocycles. The second-order valence-electron chi connectivity index (χ2n) is 5.75. The third-order valence-electron chi connectivity index (χ3n) is 4.31. The maximum Gasteiger partial charge on any atom is 0.323 e. The maximum absolute atomic E-state index is 12.4. The van der Waals surface area contributed by atoms with Crippen LogP contribution in [-0.2, 0) is 9.59 Å². The minimum absolute atomic E-state index is 0.0428. The molecule has 2 fully saturated rings. The SMILES string of the molecule is O=C(O)CN(C(=O)CC1CCNCC1)C1CCCC1. The topological polar surface area (TPSA) is 69.6 Å². The van der Waals surface area contributed by atoms with Crippen LogP contribution in [0, 0.1) is 5.92 Å². The molecule has 2 rings (SSSR count). The van der Waals surface area contributed by atoms with Crippen LogP contribution in [0.3, 0.4) is 0 Å².